The number of nitrogens with one attached hydrogen (secondary N) is 1. The Bertz CT molecular complexity index is 809. The standard InChI is InChI=1S/C20H22N4O/c1-15-7-8-16(20-23-21-14-25-20)13-19(15)22-17-9-11-24(12-10-17)18-5-3-2-4-6-18/h2-8,13-14,17,22H,9-12H2,1H3. The number of hydrogen-bond acceptors (Lipinski definition) is 5. The summed E-state index contributed by atoms with van der Waals surface area (Å²) in [6, 6.07) is 17.4. The number of piperidine rings is 1. The Morgan fingerprint density at radius 2 is 1.88 bits per heavy atom. The van der Waals surface area contributed by atoms with Crippen molar-refractivity contribution < 1.29 is 4.42 Å². The Kier molecular flexibility index (Phi) is 4.37. The minimum atomic E-state index is 0.483. The highest BCUT2D eigenvalue weighted by molar-refractivity contribution is 5.64. The number of nitrogens with zero attached hydrogens (tertiary/aromatic N) is 3. The van der Waals surface area contributed by atoms with Gasteiger partial charge in [-0.3, -0.25) is 0 Å². The molecule has 3 aromatic rings. The molecule has 2 heterocycles. The molecule has 0 bridgehead atoms. The van der Waals surface area contributed by atoms with Crippen LogP contribution in [0.4, 0.5) is 11.4 Å². The molecule has 4 rings (SSSR count). The van der Waals surface area contributed by atoms with E-state index in [1.54, 1.807) is 0 Å². The molecule has 1 N–H and O–H groups in total. The molecule has 0 radical (unpaired) electrons. The van der Waals surface area contributed by atoms with Crippen LogP contribution in [0.15, 0.2) is 59.3 Å². The zero-order valence-corrected chi connectivity index (χ0v) is 14.4. The first-order chi connectivity index (χ1) is 12.3. The molecule has 1 saturated heterocycles. The summed E-state index contributed by atoms with van der Waals surface area (Å²) in [5, 5.41) is 11.5. The molecule has 1 aliphatic heterocycles. The van der Waals surface area contributed by atoms with E-state index in [0.29, 0.717) is 11.9 Å². The highest BCUT2D eigenvalue weighted by Crippen LogP contribution is 2.27. The van der Waals surface area contributed by atoms with Gasteiger partial charge in [-0.05, 0) is 49.6 Å². The topological polar surface area (TPSA) is 54.2 Å². The van der Waals surface area contributed by atoms with E-state index in [1.165, 1.54) is 17.6 Å². The van der Waals surface area contributed by atoms with Crippen molar-refractivity contribution in [2.75, 3.05) is 23.3 Å². The summed E-state index contributed by atoms with van der Waals surface area (Å²) in [6.07, 6.45) is 3.61. The molecule has 0 spiro atoms. The minimum absolute atomic E-state index is 0.483. The van der Waals surface area contributed by atoms with Gasteiger partial charge in [0.05, 0.1) is 0 Å². The first-order valence-corrected chi connectivity index (χ1v) is 8.73. The van der Waals surface area contributed by atoms with Crippen LogP contribution < -0.4 is 10.2 Å². The lowest BCUT2D eigenvalue weighted by atomic mass is 10.0. The quantitative estimate of drug-likeness (QED) is 0.777. The zero-order chi connectivity index (χ0) is 17.1. The Morgan fingerprint density at radius 1 is 1.08 bits per heavy atom. The molecular weight excluding hydrogens is 312 g/mol. The molecule has 128 valence electrons. The SMILES string of the molecule is Cc1ccc(-c2nnco2)cc1NC1CCN(c2ccccc2)CC1. The van der Waals surface area contributed by atoms with Gasteiger partial charge < -0.3 is 14.6 Å². The van der Waals surface area contributed by atoms with Gasteiger partial charge in [-0.15, -0.1) is 10.2 Å². The third-order valence-corrected chi connectivity index (χ3v) is 4.82. The molecular formula is C20H22N4O. The number of hydrogen-bond donors (Lipinski definition) is 1. The third kappa shape index (κ3) is 3.50. The summed E-state index contributed by atoms with van der Waals surface area (Å²) in [4.78, 5) is 2.46. The highest BCUT2D eigenvalue weighted by Gasteiger charge is 2.20. The largest absolute Gasteiger partial charge is 0.423 e. The van der Waals surface area contributed by atoms with Crippen LogP contribution in [0.1, 0.15) is 18.4 Å². The zero-order valence-electron chi connectivity index (χ0n) is 14.4. The first kappa shape index (κ1) is 15.7. The maximum Gasteiger partial charge on any atom is 0.247 e. The summed E-state index contributed by atoms with van der Waals surface area (Å²) >= 11 is 0. The van der Waals surface area contributed by atoms with Crippen molar-refractivity contribution in [2.45, 2.75) is 25.8 Å². The molecule has 0 amide bonds. The van der Waals surface area contributed by atoms with E-state index in [9.17, 15) is 0 Å². The van der Waals surface area contributed by atoms with Crippen LogP contribution in [0.2, 0.25) is 0 Å². The molecule has 0 atom stereocenters. The molecule has 5 nitrogen and oxygen atoms in total. The fourth-order valence-corrected chi connectivity index (χ4v) is 3.35. The second-order valence-electron chi connectivity index (χ2n) is 6.51. The molecule has 1 aliphatic rings. The van der Waals surface area contributed by atoms with Crippen molar-refractivity contribution in [3.63, 3.8) is 0 Å². The van der Waals surface area contributed by atoms with Crippen LogP contribution in [0, 0.1) is 6.92 Å². The fourth-order valence-electron chi connectivity index (χ4n) is 3.35. The smallest absolute Gasteiger partial charge is 0.247 e. The number of anilines is 2. The summed E-state index contributed by atoms with van der Waals surface area (Å²) < 4.78 is 5.31. The molecule has 0 aliphatic carbocycles. The fraction of sp³-hybridized carbons (Fsp3) is 0.300. The van der Waals surface area contributed by atoms with E-state index >= 15 is 0 Å². The number of para-hydroxylation sites is 1. The maximum absolute atomic E-state index is 5.31. The highest BCUT2D eigenvalue weighted by atomic mass is 16.4. The lowest BCUT2D eigenvalue weighted by molar-refractivity contribution is 0.526. The van der Waals surface area contributed by atoms with Crippen molar-refractivity contribution in [2.24, 2.45) is 0 Å². The van der Waals surface area contributed by atoms with E-state index in [4.69, 9.17) is 4.42 Å². The summed E-state index contributed by atoms with van der Waals surface area (Å²) in [7, 11) is 0. The normalized spacial score (nSPS) is 15.3. The second kappa shape index (κ2) is 6.97. The van der Waals surface area contributed by atoms with E-state index in [2.05, 4.69) is 69.8 Å². The van der Waals surface area contributed by atoms with Crippen LogP contribution >= 0.6 is 0 Å². The van der Waals surface area contributed by atoms with Gasteiger partial charge in [-0.1, -0.05) is 24.3 Å². The van der Waals surface area contributed by atoms with Gasteiger partial charge in [-0.2, -0.15) is 0 Å². The monoisotopic (exact) mass is 334 g/mol. The van der Waals surface area contributed by atoms with Crippen molar-refractivity contribution >= 4 is 11.4 Å². The van der Waals surface area contributed by atoms with Gasteiger partial charge in [0, 0.05) is 36.1 Å². The van der Waals surface area contributed by atoms with Crippen molar-refractivity contribution in [1.29, 1.82) is 0 Å². The lowest BCUT2D eigenvalue weighted by Crippen LogP contribution is -2.39. The predicted molar refractivity (Wildman–Crippen MR) is 99.8 cm³/mol. The van der Waals surface area contributed by atoms with Crippen LogP contribution in [-0.4, -0.2) is 29.3 Å². The van der Waals surface area contributed by atoms with E-state index in [0.717, 1.165) is 37.2 Å². The van der Waals surface area contributed by atoms with Gasteiger partial charge in [0.2, 0.25) is 12.3 Å². The molecule has 2 aromatic carbocycles. The van der Waals surface area contributed by atoms with Gasteiger partial charge >= 0.3 is 0 Å². The molecule has 1 aromatic heterocycles. The van der Waals surface area contributed by atoms with E-state index < -0.39 is 0 Å². The van der Waals surface area contributed by atoms with Crippen molar-refractivity contribution in [3.05, 3.63) is 60.5 Å². The Morgan fingerprint density at radius 3 is 2.60 bits per heavy atom. The summed E-state index contributed by atoms with van der Waals surface area (Å²) in [5.41, 5.74) is 4.64. The van der Waals surface area contributed by atoms with Crippen molar-refractivity contribution in [1.82, 2.24) is 10.2 Å². The van der Waals surface area contributed by atoms with Crippen molar-refractivity contribution in [3.8, 4) is 11.5 Å². The van der Waals surface area contributed by atoms with E-state index in [1.807, 2.05) is 6.07 Å². The number of aromatic nitrogens is 2. The number of rotatable bonds is 4. The number of aryl methyl sites for hydroxylation is 1. The van der Waals surface area contributed by atoms with Gasteiger partial charge in [0.15, 0.2) is 0 Å². The summed E-state index contributed by atoms with van der Waals surface area (Å²) in [5.74, 6) is 0.557. The molecule has 0 saturated carbocycles. The Hall–Kier alpha value is -2.82. The van der Waals surface area contributed by atoms with Gasteiger partial charge in [0.25, 0.3) is 0 Å². The van der Waals surface area contributed by atoms with Gasteiger partial charge in [0.1, 0.15) is 0 Å². The Labute approximate surface area is 147 Å². The molecule has 0 unspecified atom stereocenters. The van der Waals surface area contributed by atoms with Crippen LogP contribution in [0.3, 0.4) is 0 Å². The molecule has 1 fully saturated rings. The number of benzene rings is 2. The molecule has 5 heteroatoms. The van der Waals surface area contributed by atoms with E-state index in [-0.39, 0.29) is 0 Å². The average Bonchev–Trinajstić information content (AvgIpc) is 3.20. The third-order valence-electron chi connectivity index (χ3n) is 4.82. The van der Waals surface area contributed by atoms with Crippen LogP contribution in [0.25, 0.3) is 11.5 Å². The lowest BCUT2D eigenvalue weighted by Gasteiger charge is -2.34. The first-order valence-electron chi connectivity index (χ1n) is 8.73. The maximum atomic E-state index is 5.31. The van der Waals surface area contributed by atoms with Crippen LogP contribution in [-0.2, 0) is 0 Å². The average molecular weight is 334 g/mol. The Balaban J connectivity index is 1.42. The van der Waals surface area contributed by atoms with Gasteiger partial charge in [-0.25, -0.2) is 0 Å². The predicted octanol–water partition coefficient (Wildman–Crippen LogP) is 4.13. The minimum Gasteiger partial charge on any atom is -0.423 e. The summed E-state index contributed by atoms with van der Waals surface area (Å²) in [6.45, 7) is 4.27. The molecule has 25 heavy (non-hydrogen) atoms. The van der Waals surface area contributed by atoms with Crippen LogP contribution in [0.5, 0.6) is 0 Å². The second-order valence-corrected chi connectivity index (χ2v) is 6.51.